The van der Waals surface area contributed by atoms with Crippen molar-refractivity contribution >= 4 is 70.1 Å². The van der Waals surface area contributed by atoms with Gasteiger partial charge in [0, 0.05) is 93.8 Å². The lowest BCUT2D eigenvalue weighted by Crippen LogP contribution is -2.52. The minimum Gasteiger partial charge on any atom is -0.381 e. The Bertz CT molecular complexity index is 2070. The number of carbonyl (C=O) groups is 4. The maximum Gasteiger partial charge on any atom is 0.234 e. The van der Waals surface area contributed by atoms with Gasteiger partial charge in [-0.3, -0.25) is 29.4 Å². The number of anilines is 4. The fourth-order valence-electron chi connectivity index (χ4n) is 9.41. The zero-order valence-electron chi connectivity index (χ0n) is 35.0. The number of imide groups is 1. The molecular weight excluding hydrogens is 814 g/mol. The maximum atomic E-state index is 13.6. The van der Waals surface area contributed by atoms with Crippen LogP contribution in [0.4, 0.5) is 23.1 Å². The number of hydrogen-bond acceptors (Lipinski definition) is 13. The van der Waals surface area contributed by atoms with Crippen LogP contribution in [0.2, 0.25) is 5.02 Å². The van der Waals surface area contributed by atoms with Crippen molar-refractivity contribution in [3.63, 3.8) is 0 Å². The molecule has 326 valence electrons. The van der Waals surface area contributed by atoms with E-state index in [-0.39, 0.29) is 46.9 Å². The quantitative estimate of drug-likeness (QED) is 0.201. The van der Waals surface area contributed by atoms with E-state index in [4.69, 9.17) is 23.1 Å². The summed E-state index contributed by atoms with van der Waals surface area (Å²) in [6.45, 7) is 9.81. The molecule has 5 fully saturated rings. The zero-order valence-corrected chi connectivity index (χ0v) is 36.6. The van der Waals surface area contributed by atoms with Crippen molar-refractivity contribution in [3.05, 3.63) is 53.3 Å². The number of nitrogens with zero attached hydrogens (tertiary/aromatic N) is 7. The number of pyridine rings is 1. The third kappa shape index (κ3) is 10.4. The van der Waals surface area contributed by atoms with E-state index in [0.717, 1.165) is 107 Å². The van der Waals surface area contributed by atoms with Gasteiger partial charge in [-0.25, -0.2) is 15.0 Å². The smallest absolute Gasteiger partial charge is 0.234 e. The third-order valence-corrected chi connectivity index (χ3v) is 15.0. The number of carbonyl (C=O) groups excluding carboxylic acids is 4. The SMILES string of the molecule is CC1(N)CCN(c2cnc(Sc3cccc(NC(=O)C4CCC(C(=O)N5CCN(CC6CCN(c7ccc(C8CCC(=O)NC8=O)cn7)CC6)CC5)CC4)c3Cl)c(N)n2)CC1. The van der Waals surface area contributed by atoms with Crippen LogP contribution in [0.5, 0.6) is 0 Å². The molecule has 1 aromatic carbocycles. The van der Waals surface area contributed by atoms with Crippen molar-refractivity contribution in [2.45, 2.75) is 92.5 Å². The fourth-order valence-corrected chi connectivity index (χ4v) is 10.5. The molecule has 0 radical (unpaired) electrons. The molecule has 4 aliphatic heterocycles. The van der Waals surface area contributed by atoms with Crippen LogP contribution in [0.3, 0.4) is 0 Å². The fraction of sp³-hybridized carbons (Fsp3) is 0.568. The summed E-state index contributed by atoms with van der Waals surface area (Å²) in [5, 5.41) is 6.45. The number of halogens is 1. The molecule has 4 amide bonds. The van der Waals surface area contributed by atoms with Crippen molar-refractivity contribution < 1.29 is 19.2 Å². The number of piperidine rings is 3. The maximum absolute atomic E-state index is 13.6. The van der Waals surface area contributed by atoms with E-state index in [1.54, 1.807) is 18.5 Å². The normalized spacial score (nSPS) is 24.0. The van der Waals surface area contributed by atoms with Gasteiger partial charge in [0.15, 0.2) is 5.82 Å². The molecule has 1 aliphatic carbocycles. The van der Waals surface area contributed by atoms with E-state index in [1.165, 1.54) is 11.8 Å². The first-order valence-corrected chi connectivity index (χ1v) is 23.1. The lowest BCUT2D eigenvalue weighted by atomic mass is 9.80. The van der Waals surface area contributed by atoms with Crippen molar-refractivity contribution in [1.29, 1.82) is 0 Å². The summed E-state index contributed by atoms with van der Waals surface area (Å²) < 4.78 is 0. The summed E-state index contributed by atoms with van der Waals surface area (Å²) in [5.41, 5.74) is 13.9. The van der Waals surface area contributed by atoms with Crippen LogP contribution >= 0.6 is 23.4 Å². The molecule has 1 atom stereocenters. The number of rotatable bonds is 10. The molecule has 61 heavy (non-hydrogen) atoms. The number of nitrogens with one attached hydrogen (secondary N) is 2. The lowest BCUT2D eigenvalue weighted by Gasteiger charge is -2.40. The Hall–Kier alpha value is -4.51. The van der Waals surface area contributed by atoms with Gasteiger partial charge in [0.05, 0.1) is 22.8 Å². The minimum absolute atomic E-state index is 0.0522. The number of piperazine rings is 1. The van der Waals surface area contributed by atoms with Crippen LogP contribution in [-0.4, -0.2) is 113 Å². The number of aromatic nitrogens is 3. The Morgan fingerprint density at radius 1 is 0.869 bits per heavy atom. The predicted octanol–water partition coefficient (Wildman–Crippen LogP) is 4.90. The second kappa shape index (κ2) is 18.9. The highest BCUT2D eigenvalue weighted by molar-refractivity contribution is 7.99. The Morgan fingerprint density at radius 2 is 1.57 bits per heavy atom. The Labute approximate surface area is 367 Å². The molecule has 0 spiro atoms. The van der Waals surface area contributed by atoms with Crippen LogP contribution in [0, 0.1) is 17.8 Å². The average Bonchev–Trinajstić information content (AvgIpc) is 3.26. The first-order chi connectivity index (χ1) is 29.4. The molecule has 8 rings (SSSR count). The third-order valence-electron chi connectivity index (χ3n) is 13.4. The molecular formula is C44H58ClN11O4S. The monoisotopic (exact) mass is 871 g/mol. The topological polar surface area (TPSA) is 196 Å². The molecule has 3 aromatic rings. The summed E-state index contributed by atoms with van der Waals surface area (Å²) in [6, 6.07) is 9.49. The van der Waals surface area contributed by atoms with Crippen LogP contribution in [0.25, 0.3) is 0 Å². The van der Waals surface area contributed by atoms with Gasteiger partial charge >= 0.3 is 0 Å². The Morgan fingerprint density at radius 3 is 2.25 bits per heavy atom. The van der Waals surface area contributed by atoms with Gasteiger partial charge in [-0.1, -0.05) is 35.5 Å². The van der Waals surface area contributed by atoms with E-state index >= 15 is 0 Å². The standard InChI is InChI=1S/C44H58ClN11O4S/c1-44(47)15-19-55(20-16-44)36-26-49-42(39(46)51-36)61-34-4-2-3-33(38(34)45)50-40(58)29-5-7-30(8-6-29)43(60)56-23-21-53(22-24-56)27-28-13-17-54(18-14-28)35-11-9-31(25-48-35)32-10-12-37(57)52-41(32)59/h2-4,9,11,25-26,28-30,32H,5-8,10,12-24,27,47H2,1H3,(H2,46,51)(H,50,58)(H,52,57,59). The summed E-state index contributed by atoms with van der Waals surface area (Å²) in [5.74, 6) is 1.72. The largest absolute Gasteiger partial charge is 0.381 e. The highest BCUT2D eigenvalue weighted by atomic mass is 35.5. The van der Waals surface area contributed by atoms with E-state index in [1.807, 2.05) is 29.2 Å². The minimum atomic E-state index is -0.320. The van der Waals surface area contributed by atoms with Crippen LogP contribution in [0.15, 0.2) is 52.6 Å². The second-order valence-corrected chi connectivity index (χ2v) is 19.2. The summed E-state index contributed by atoms with van der Waals surface area (Å²) >= 11 is 8.15. The van der Waals surface area contributed by atoms with Gasteiger partial charge in [-0.15, -0.1) is 0 Å². The Kier molecular flexibility index (Phi) is 13.3. The first kappa shape index (κ1) is 43.2. The van der Waals surface area contributed by atoms with E-state index < -0.39 is 0 Å². The van der Waals surface area contributed by atoms with Crippen LogP contribution in [-0.2, 0) is 19.2 Å². The summed E-state index contributed by atoms with van der Waals surface area (Å²) in [4.78, 5) is 74.5. The first-order valence-electron chi connectivity index (χ1n) is 21.9. The number of benzene rings is 1. The number of nitrogens with two attached hydrogens (primary N) is 2. The van der Waals surface area contributed by atoms with Crippen LogP contribution in [0.1, 0.15) is 82.6 Å². The summed E-state index contributed by atoms with van der Waals surface area (Å²) in [6.07, 6.45) is 11.0. The zero-order chi connectivity index (χ0) is 42.7. The molecule has 1 saturated carbocycles. The van der Waals surface area contributed by atoms with Crippen molar-refractivity contribution in [2.75, 3.05) is 79.8 Å². The van der Waals surface area contributed by atoms with Crippen molar-refractivity contribution in [1.82, 2.24) is 30.1 Å². The highest BCUT2D eigenvalue weighted by Crippen LogP contribution is 2.40. The van der Waals surface area contributed by atoms with Gasteiger partial charge in [0.25, 0.3) is 0 Å². The number of hydrogen-bond donors (Lipinski definition) is 4. The molecule has 6 N–H and O–H groups in total. The molecule has 17 heteroatoms. The molecule has 5 aliphatic rings. The van der Waals surface area contributed by atoms with Gasteiger partial charge < -0.3 is 31.5 Å². The Balaban J connectivity index is 0.742. The van der Waals surface area contributed by atoms with E-state index in [0.29, 0.717) is 66.0 Å². The lowest BCUT2D eigenvalue weighted by molar-refractivity contribution is -0.139. The molecule has 0 bridgehead atoms. The van der Waals surface area contributed by atoms with Crippen molar-refractivity contribution in [3.8, 4) is 0 Å². The summed E-state index contributed by atoms with van der Waals surface area (Å²) in [7, 11) is 0. The molecule has 2 aromatic heterocycles. The second-order valence-electron chi connectivity index (χ2n) is 17.8. The van der Waals surface area contributed by atoms with Crippen molar-refractivity contribution in [2.24, 2.45) is 23.5 Å². The highest BCUT2D eigenvalue weighted by Gasteiger charge is 2.35. The molecule has 1 unspecified atom stereocenters. The van der Waals surface area contributed by atoms with Crippen LogP contribution < -0.4 is 31.9 Å². The van der Waals surface area contributed by atoms with Gasteiger partial charge in [-0.2, -0.15) is 0 Å². The average molecular weight is 873 g/mol. The van der Waals surface area contributed by atoms with Gasteiger partial charge in [-0.05, 0) is 94.4 Å². The predicted molar refractivity (Wildman–Crippen MR) is 237 cm³/mol. The molecule has 15 nitrogen and oxygen atoms in total. The van der Waals surface area contributed by atoms with E-state index in [9.17, 15) is 19.2 Å². The molecule has 4 saturated heterocycles. The molecule has 6 heterocycles. The van der Waals surface area contributed by atoms with Gasteiger partial charge in [0.2, 0.25) is 23.6 Å². The number of nitrogen functional groups attached to an aromatic ring is 1. The number of amides is 4. The van der Waals surface area contributed by atoms with E-state index in [2.05, 4.69) is 47.2 Å². The van der Waals surface area contributed by atoms with Gasteiger partial charge in [0.1, 0.15) is 16.7 Å².